The molecule has 0 amide bonds. The first-order valence-corrected chi connectivity index (χ1v) is 35.6. The molecule has 6 heteroatoms. The summed E-state index contributed by atoms with van der Waals surface area (Å²) in [6.07, 6.45) is 0. The van der Waals surface area contributed by atoms with E-state index in [-0.39, 0.29) is 28.4 Å². The Kier molecular flexibility index (Phi) is 14.5. The molecule has 2 aliphatic heterocycles. The molecule has 0 saturated heterocycles. The van der Waals surface area contributed by atoms with Crippen molar-refractivity contribution in [3.63, 3.8) is 0 Å². The Morgan fingerprint density at radius 2 is 0.540 bits per heavy atom. The standard InChI is InChI=1S/C94H84BN5/c1-91(2,3)65-37-49-82-76(53-65)77-54-66(92(4,5)6)38-50-83(77)99(82)73-45-47-80-86(57-73)97(71-41-33-63(34-42-71)61-25-17-13-18-26-61)88-59-75(96(69-29-21-15-22-30-69)70-31-23-16-24-32-70)60-89-90(88)95(80)81-48-46-74(58-87(81)98(89)72-43-35-64(36-44-72)62-27-19-14-20-28-62)100-84-51-39-67(93(7,8)9)55-78(84)79-56-68(94(10,11)12)40-52-85(79)100/h13-60H,1-12H3. The Balaban J connectivity index is 0.984. The molecule has 15 aromatic rings. The molecule has 4 heterocycles. The first-order valence-electron chi connectivity index (χ1n) is 35.6. The lowest BCUT2D eigenvalue weighted by molar-refractivity contribution is 0.590. The molecule has 0 aliphatic carbocycles. The van der Waals surface area contributed by atoms with Crippen LogP contribution in [0, 0.1) is 0 Å². The van der Waals surface area contributed by atoms with E-state index < -0.39 is 0 Å². The van der Waals surface area contributed by atoms with E-state index in [0.29, 0.717) is 0 Å². The second-order valence-electron chi connectivity index (χ2n) is 31.9. The molecule has 0 unspecified atom stereocenters. The molecule has 100 heavy (non-hydrogen) atoms. The van der Waals surface area contributed by atoms with Gasteiger partial charge in [0.05, 0.1) is 27.8 Å². The predicted octanol–water partition coefficient (Wildman–Crippen LogP) is 24.0. The van der Waals surface area contributed by atoms with Gasteiger partial charge < -0.3 is 23.8 Å². The van der Waals surface area contributed by atoms with Gasteiger partial charge in [0.25, 0.3) is 6.71 Å². The van der Waals surface area contributed by atoms with Crippen molar-refractivity contribution in [2.45, 2.75) is 105 Å². The van der Waals surface area contributed by atoms with E-state index >= 15 is 0 Å². The summed E-state index contributed by atoms with van der Waals surface area (Å²) in [4.78, 5) is 7.63. The Morgan fingerprint density at radius 1 is 0.250 bits per heavy atom. The molecule has 0 fully saturated rings. The molecule has 0 saturated carbocycles. The van der Waals surface area contributed by atoms with E-state index in [9.17, 15) is 0 Å². The van der Waals surface area contributed by atoms with Crippen molar-refractivity contribution in [1.82, 2.24) is 9.13 Å². The van der Waals surface area contributed by atoms with Crippen LogP contribution in [0.25, 0.3) is 77.2 Å². The lowest BCUT2D eigenvalue weighted by atomic mass is 9.33. The van der Waals surface area contributed by atoms with Crippen molar-refractivity contribution in [1.29, 1.82) is 0 Å². The number of nitrogens with zero attached hydrogens (tertiary/aromatic N) is 5. The van der Waals surface area contributed by atoms with Gasteiger partial charge in [-0.05, 0) is 216 Å². The Labute approximate surface area is 589 Å². The predicted molar refractivity (Wildman–Crippen MR) is 429 cm³/mol. The molecule has 2 aliphatic rings. The Bertz CT molecular complexity index is 5190. The fraction of sp³-hybridized carbons (Fsp3) is 0.170. The summed E-state index contributed by atoms with van der Waals surface area (Å²) in [7, 11) is 0. The first-order chi connectivity index (χ1) is 48.1. The molecular weight excluding hydrogens is 1210 g/mol. The molecule has 0 N–H and O–H groups in total. The summed E-state index contributed by atoms with van der Waals surface area (Å²) in [5, 5.41) is 5.07. The highest BCUT2D eigenvalue weighted by molar-refractivity contribution is 7.00. The minimum Gasteiger partial charge on any atom is -0.311 e. The second kappa shape index (κ2) is 23.3. The molecule has 0 spiro atoms. The molecule has 17 rings (SSSR count). The van der Waals surface area contributed by atoms with Crippen LogP contribution in [0.4, 0.5) is 51.2 Å². The highest BCUT2D eigenvalue weighted by Crippen LogP contribution is 2.51. The maximum atomic E-state index is 2.59. The fourth-order valence-electron chi connectivity index (χ4n) is 15.9. The number of hydrogen-bond donors (Lipinski definition) is 0. The van der Waals surface area contributed by atoms with Crippen LogP contribution in [0.5, 0.6) is 0 Å². The van der Waals surface area contributed by atoms with Crippen LogP contribution in [0.3, 0.4) is 0 Å². The number of anilines is 9. The van der Waals surface area contributed by atoms with Crippen molar-refractivity contribution in [3.05, 3.63) is 313 Å². The third-order valence-electron chi connectivity index (χ3n) is 21.3. The van der Waals surface area contributed by atoms with Gasteiger partial charge in [-0.1, -0.05) is 241 Å². The van der Waals surface area contributed by atoms with Gasteiger partial charge in [-0.3, -0.25) is 0 Å². The average molecular weight is 1290 g/mol. The molecular formula is C94H84BN5. The molecule has 13 aromatic carbocycles. The zero-order chi connectivity index (χ0) is 68.7. The molecule has 488 valence electrons. The maximum absolute atomic E-state index is 2.59. The topological polar surface area (TPSA) is 19.6 Å². The SMILES string of the molecule is CC(C)(C)c1ccc2c(c1)c1cc(C(C)(C)C)ccc1n2-c1ccc2c(c1)N(c1ccc(-c3ccccc3)cc1)c1cc(N(c3ccccc3)c3ccccc3)cc3c1B2c1ccc(-n2c4ccc(C(C)(C)C)cc4c4cc(C(C)(C)C)ccc42)cc1N3c1ccc(-c2ccccc2)cc1. The van der Waals surface area contributed by atoms with Gasteiger partial charge in [-0.2, -0.15) is 0 Å². The Hall–Kier alpha value is -11.1. The van der Waals surface area contributed by atoms with E-state index in [0.717, 1.165) is 62.6 Å². The van der Waals surface area contributed by atoms with E-state index in [1.54, 1.807) is 0 Å². The normalized spacial score (nSPS) is 13.1. The number of fused-ring (bicyclic) bond motifs is 10. The minimum absolute atomic E-state index is 0.0393. The monoisotopic (exact) mass is 1290 g/mol. The number of benzene rings is 13. The van der Waals surface area contributed by atoms with Crippen LogP contribution in [0.2, 0.25) is 0 Å². The van der Waals surface area contributed by atoms with Crippen LogP contribution >= 0.6 is 0 Å². The number of rotatable bonds is 9. The smallest absolute Gasteiger partial charge is 0.252 e. The van der Waals surface area contributed by atoms with Gasteiger partial charge >= 0.3 is 0 Å². The number of aromatic nitrogens is 2. The van der Waals surface area contributed by atoms with E-state index in [1.807, 2.05) is 0 Å². The van der Waals surface area contributed by atoms with Crippen molar-refractivity contribution in [2.75, 3.05) is 14.7 Å². The summed E-state index contributed by atoms with van der Waals surface area (Å²) in [6.45, 7) is 27.7. The van der Waals surface area contributed by atoms with Crippen LogP contribution in [0.1, 0.15) is 105 Å². The zero-order valence-electron chi connectivity index (χ0n) is 59.5. The molecule has 5 nitrogen and oxygen atoms in total. The van der Waals surface area contributed by atoms with Gasteiger partial charge in [0.1, 0.15) is 0 Å². The lowest BCUT2D eigenvalue weighted by Crippen LogP contribution is -2.61. The highest BCUT2D eigenvalue weighted by atomic mass is 15.2. The summed E-state index contributed by atoms with van der Waals surface area (Å²) in [6, 6.07) is 111. The highest BCUT2D eigenvalue weighted by Gasteiger charge is 2.45. The van der Waals surface area contributed by atoms with Crippen LogP contribution < -0.4 is 31.1 Å². The van der Waals surface area contributed by atoms with E-state index in [1.165, 1.54) is 105 Å². The largest absolute Gasteiger partial charge is 0.311 e. The molecule has 0 radical (unpaired) electrons. The number of para-hydroxylation sites is 2. The van der Waals surface area contributed by atoms with E-state index in [2.05, 4.69) is 398 Å². The maximum Gasteiger partial charge on any atom is 0.252 e. The van der Waals surface area contributed by atoms with Crippen molar-refractivity contribution < 1.29 is 0 Å². The van der Waals surface area contributed by atoms with Crippen LogP contribution in [-0.2, 0) is 21.7 Å². The third kappa shape index (κ3) is 10.5. The molecule has 0 atom stereocenters. The third-order valence-corrected chi connectivity index (χ3v) is 21.3. The lowest BCUT2D eigenvalue weighted by Gasteiger charge is -2.45. The fourth-order valence-corrected chi connectivity index (χ4v) is 15.9. The van der Waals surface area contributed by atoms with E-state index in [4.69, 9.17) is 0 Å². The average Bonchev–Trinajstić information content (AvgIpc) is 0.697. The van der Waals surface area contributed by atoms with Gasteiger partial charge in [0.2, 0.25) is 0 Å². The van der Waals surface area contributed by atoms with Crippen molar-refractivity contribution in [2.24, 2.45) is 0 Å². The van der Waals surface area contributed by atoms with Crippen molar-refractivity contribution in [3.8, 4) is 33.6 Å². The summed E-state index contributed by atoms with van der Waals surface area (Å²) in [5.41, 5.74) is 30.3. The number of hydrogen-bond acceptors (Lipinski definition) is 3. The quantitative estimate of drug-likeness (QED) is 0.134. The van der Waals surface area contributed by atoms with Gasteiger partial charge in [-0.25, -0.2) is 0 Å². The van der Waals surface area contributed by atoms with Gasteiger partial charge in [0.15, 0.2) is 0 Å². The summed E-state index contributed by atoms with van der Waals surface area (Å²) >= 11 is 0. The zero-order valence-corrected chi connectivity index (χ0v) is 59.5. The molecule has 2 aromatic heterocycles. The first kappa shape index (κ1) is 62.4. The van der Waals surface area contributed by atoms with Gasteiger partial charge in [-0.15, -0.1) is 0 Å². The molecule has 0 bridgehead atoms. The summed E-state index contributed by atoms with van der Waals surface area (Å²) in [5.74, 6) is 0. The van der Waals surface area contributed by atoms with Crippen LogP contribution in [0.15, 0.2) is 291 Å². The van der Waals surface area contributed by atoms with Crippen molar-refractivity contribution >= 4 is 118 Å². The second-order valence-corrected chi connectivity index (χ2v) is 31.9. The Morgan fingerprint density at radius 3 is 0.850 bits per heavy atom. The summed E-state index contributed by atoms with van der Waals surface area (Å²) < 4.78 is 5.07. The van der Waals surface area contributed by atoms with Crippen LogP contribution in [-0.4, -0.2) is 15.8 Å². The van der Waals surface area contributed by atoms with Gasteiger partial charge in [0, 0.05) is 78.4 Å². The minimum atomic E-state index is -0.197.